The van der Waals surface area contributed by atoms with E-state index in [-0.39, 0.29) is 0 Å². The van der Waals surface area contributed by atoms with Crippen molar-refractivity contribution in [3.8, 4) is 0 Å². The first kappa shape index (κ1) is 12.7. The zero-order chi connectivity index (χ0) is 13.4. The first-order valence-corrected chi connectivity index (χ1v) is 7.23. The van der Waals surface area contributed by atoms with Gasteiger partial charge in [0, 0.05) is 36.7 Å². The molecule has 0 amide bonds. The van der Waals surface area contributed by atoms with E-state index in [9.17, 15) is 0 Å². The minimum atomic E-state index is 1.02. The van der Waals surface area contributed by atoms with E-state index in [0.29, 0.717) is 0 Å². The Balaban J connectivity index is 2.07. The van der Waals surface area contributed by atoms with Crippen molar-refractivity contribution in [3.05, 3.63) is 34.5 Å². The standard InChI is InChI=1S/C16H23N3/c1-4-17-6-5-14-11(2)19(3)16-8-13-10-18-9-12(13)7-15(14)16/h7-8,17-18H,4-6,9-10H2,1-3H3. The summed E-state index contributed by atoms with van der Waals surface area (Å²) in [4.78, 5) is 0. The molecular weight excluding hydrogens is 234 g/mol. The fraction of sp³-hybridized carbons (Fsp3) is 0.500. The van der Waals surface area contributed by atoms with Gasteiger partial charge in [-0.05, 0) is 55.3 Å². The molecule has 3 nitrogen and oxygen atoms in total. The van der Waals surface area contributed by atoms with Crippen molar-refractivity contribution in [1.29, 1.82) is 0 Å². The average molecular weight is 257 g/mol. The SMILES string of the molecule is CCNCCc1c(C)n(C)c2cc3c(cc12)CNC3. The maximum atomic E-state index is 3.44. The van der Waals surface area contributed by atoms with Crippen LogP contribution in [0, 0.1) is 6.92 Å². The highest BCUT2D eigenvalue weighted by Crippen LogP contribution is 2.30. The Bertz CT molecular complexity index is 610. The highest BCUT2D eigenvalue weighted by atomic mass is 15.0. The summed E-state index contributed by atoms with van der Waals surface area (Å²) in [6.07, 6.45) is 1.11. The first-order valence-electron chi connectivity index (χ1n) is 7.23. The molecule has 1 aliphatic rings. The summed E-state index contributed by atoms with van der Waals surface area (Å²) in [6, 6.07) is 4.77. The lowest BCUT2D eigenvalue weighted by Crippen LogP contribution is -2.16. The minimum absolute atomic E-state index is 1.02. The summed E-state index contributed by atoms with van der Waals surface area (Å²) >= 11 is 0. The van der Waals surface area contributed by atoms with Crippen LogP contribution in [0.15, 0.2) is 12.1 Å². The van der Waals surface area contributed by atoms with E-state index in [2.05, 4.69) is 48.2 Å². The third-order valence-electron chi connectivity index (χ3n) is 4.38. The van der Waals surface area contributed by atoms with E-state index in [4.69, 9.17) is 0 Å². The van der Waals surface area contributed by atoms with Gasteiger partial charge in [0.05, 0.1) is 0 Å². The molecule has 1 aromatic heterocycles. The lowest BCUT2D eigenvalue weighted by atomic mass is 10.0. The molecule has 3 rings (SSSR count). The van der Waals surface area contributed by atoms with Crippen molar-refractivity contribution >= 4 is 10.9 Å². The normalized spacial score (nSPS) is 14.3. The minimum Gasteiger partial charge on any atom is -0.348 e. The van der Waals surface area contributed by atoms with Crippen LogP contribution >= 0.6 is 0 Å². The van der Waals surface area contributed by atoms with Gasteiger partial charge in [0.25, 0.3) is 0 Å². The van der Waals surface area contributed by atoms with E-state index in [0.717, 1.165) is 32.6 Å². The molecule has 1 aromatic carbocycles. The molecule has 0 atom stereocenters. The number of nitrogens with zero attached hydrogens (tertiary/aromatic N) is 1. The number of rotatable bonds is 4. The van der Waals surface area contributed by atoms with E-state index in [1.54, 1.807) is 0 Å². The molecule has 0 unspecified atom stereocenters. The Hall–Kier alpha value is -1.32. The van der Waals surface area contributed by atoms with Crippen LogP contribution < -0.4 is 10.6 Å². The molecule has 2 heterocycles. The van der Waals surface area contributed by atoms with Gasteiger partial charge < -0.3 is 15.2 Å². The number of aryl methyl sites for hydroxylation is 1. The maximum Gasteiger partial charge on any atom is 0.0486 e. The Morgan fingerprint density at radius 1 is 1.26 bits per heavy atom. The summed E-state index contributed by atoms with van der Waals surface area (Å²) in [5, 5.41) is 8.31. The van der Waals surface area contributed by atoms with Crippen molar-refractivity contribution in [2.45, 2.75) is 33.4 Å². The Morgan fingerprint density at radius 3 is 2.74 bits per heavy atom. The van der Waals surface area contributed by atoms with Gasteiger partial charge in [-0.2, -0.15) is 0 Å². The molecule has 2 aromatic rings. The second-order valence-corrected chi connectivity index (χ2v) is 5.47. The van der Waals surface area contributed by atoms with Crippen molar-refractivity contribution in [1.82, 2.24) is 15.2 Å². The largest absolute Gasteiger partial charge is 0.348 e. The van der Waals surface area contributed by atoms with Gasteiger partial charge in [-0.3, -0.25) is 0 Å². The van der Waals surface area contributed by atoms with Gasteiger partial charge in [-0.25, -0.2) is 0 Å². The van der Waals surface area contributed by atoms with Crippen LogP contribution in [0.2, 0.25) is 0 Å². The van der Waals surface area contributed by atoms with Gasteiger partial charge in [-0.15, -0.1) is 0 Å². The summed E-state index contributed by atoms with van der Waals surface area (Å²) in [5.41, 5.74) is 7.23. The number of benzene rings is 1. The zero-order valence-corrected chi connectivity index (χ0v) is 12.1. The topological polar surface area (TPSA) is 29.0 Å². The van der Waals surface area contributed by atoms with E-state index >= 15 is 0 Å². The van der Waals surface area contributed by atoms with Crippen LogP contribution in [-0.4, -0.2) is 17.7 Å². The fourth-order valence-electron chi connectivity index (χ4n) is 3.14. The first-order chi connectivity index (χ1) is 9.22. The number of aromatic nitrogens is 1. The second kappa shape index (κ2) is 4.99. The fourth-order valence-corrected chi connectivity index (χ4v) is 3.14. The van der Waals surface area contributed by atoms with Crippen molar-refractivity contribution in [2.24, 2.45) is 7.05 Å². The Labute approximate surface area is 115 Å². The predicted molar refractivity (Wildman–Crippen MR) is 80.4 cm³/mol. The molecule has 0 fully saturated rings. The molecule has 1 aliphatic heterocycles. The van der Waals surface area contributed by atoms with Gasteiger partial charge in [0.2, 0.25) is 0 Å². The van der Waals surface area contributed by atoms with Crippen LogP contribution in [0.1, 0.15) is 29.3 Å². The van der Waals surface area contributed by atoms with E-state index < -0.39 is 0 Å². The van der Waals surface area contributed by atoms with Crippen molar-refractivity contribution < 1.29 is 0 Å². The lowest BCUT2D eigenvalue weighted by molar-refractivity contribution is 0.714. The van der Waals surface area contributed by atoms with Gasteiger partial charge in [-0.1, -0.05) is 6.92 Å². The summed E-state index contributed by atoms with van der Waals surface area (Å²) in [7, 11) is 2.18. The van der Waals surface area contributed by atoms with E-state index in [1.165, 1.54) is 33.3 Å². The monoisotopic (exact) mass is 257 g/mol. The van der Waals surface area contributed by atoms with E-state index in [1.807, 2.05) is 0 Å². The molecule has 0 spiro atoms. The molecule has 2 N–H and O–H groups in total. The number of hydrogen-bond donors (Lipinski definition) is 2. The Kier molecular flexibility index (Phi) is 3.33. The molecule has 19 heavy (non-hydrogen) atoms. The van der Waals surface area contributed by atoms with Gasteiger partial charge in [0.1, 0.15) is 0 Å². The van der Waals surface area contributed by atoms with Crippen LogP contribution in [0.3, 0.4) is 0 Å². The van der Waals surface area contributed by atoms with Crippen LogP contribution in [0.25, 0.3) is 10.9 Å². The molecule has 0 saturated carbocycles. The number of nitrogens with one attached hydrogen (secondary N) is 2. The predicted octanol–water partition coefficient (Wildman–Crippen LogP) is 2.24. The van der Waals surface area contributed by atoms with Crippen LogP contribution in [0.5, 0.6) is 0 Å². The van der Waals surface area contributed by atoms with Gasteiger partial charge >= 0.3 is 0 Å². The van der Waals surface area contributed by atoms with Gasteiger partial charge in [0.15, 0.2) is 0 Å². The van der Waals surface area contributed by atoms with Crippen LogP contribution in [-0.2, 0) is 26.6 Å². The maximum absolute atomic E-state index is 3.44. The summed E-state index contributed by atoms with van der Waals surface area (Å²) in [6.45, 7) is 8.54. The number of fused-ring (bicyclic) bond motifs is 2. The van der Waals surface area contributed by atoms with Crippen molar-refractivity contribution in [2.75, 3.05) is 13.1 Å². The molecule has 0 bridgehead atoms. The molecule has 0 radical (unpaired) electrons. The quantitative estimate of drug-likeness (QED) is 0.823. The highest BCUT2D eigenvalue weighted by Gasteiger charge is 2.17. The number of likely N-dealkylation sites (N-methyl/N-ethyl adjacent to an activating group) is 1. The molecule has 3 heteroatoms. The van der Waals surface area contributed by atoms with Crippen molar-refractivity contribution in [3.63, 3.8) is 0 Å². The second-order valence-electron chi connectivity index (χ2n) is 5.47. The number of hydrogen-bond acceptors (Lipinski definition) is 2. The summed E-state index contributed by atoms with van der Waals surface area (Å²) in [5.74, 6) is 0. The third kappa shape index (κ3) is 2.07. The molecule has 0 aliphatic carbocycles. The zero-order valence-electron chi connectivity index (χ0n) is 12.1. The lowest BCUT2D eigenvalue weighted by Gasteiger charge is -2.04. The third-order valence-corrected chi connectivity index (χ3v) is 4.38. The molecule has 102 valence electrons. The average Bonchev–Trinajstić information content (AvgIpc) is 2.95. The van der Waals surface area contributed by atoms with Crippen LogP contribution in [0.4, 0.5) is 0 Å². The smallest absolute Gasteiger partial charge is 0.0486 e. The highest BCUT2D eigenvalue weighted by molar-refractivity contribution is 5.87. The molecular formula is C16H23N3. The Morgan fingerprint density at radius 2 is 2.00 bits per heavy atom. The summed E-state index contributed by atoms with van der Waals surface area (Å²) < 4.78 is 2.34. The molecule has 0 saturated heterocycles.